The highest BCUT2D eigenvalue weighted by atomic mass is 16.5. The summed E-state index contributed by atoms with van der Waals surface area (Å²) in [5.74, 6) is 0.678. The van der Waals surface area contributed by atoms with Gasteiger partial charge in [0.25, 0.3) is 0 Å². The lowest BCUT2D eigenvalue weighted by Gasteiger charge is -2.17. The average Bonchev–Trinajstić information content (AvgIpc) is 2.79. The molecule has 17 heavy (non-hydrogen) atoms. The van der Waals surface area contributed by atoms with E-state index < -0.39 is 0 Å². The number of amides is 1. The molecule has 5 nitrogen and oxygen atoms in total. The van der Waals surface area contributed by atoms with Gasteiger partial charge >= 0.3 is 0 Å². The predicted octanol–water partition coefficient (Wildman–Crippen LogP) is 0.174. The number of carbonyl (C=O) groups excluding carboxylic acids is 1. The molecular formula is C12H23NO4. The van der Waals surface area contributed by atoms with Gasteiger partial charge in [-0.15, -0.1) is 0 Å². The molecule has 0 bridgehead atoms. The van der Waals surface area contributed by atoms with Crippen LogP contribution in [0.5, 0.6) is 0 Å². The zero-order valence-electron chi connectivity index (χ0n) is 10.5. The van der Waals surface area contributed by atoms with Gasteiger partial charge in [-0.2, -0.15) is 0 Å². The Hall–Kier alpha value is -0.650. The number of aliphatic hydroxyl groups is 1. The lowest BCUT2D eigenvalue weighted by atomic mass is 9.97. The Labute approximate surface area is 102 Å². The van der Waals surface area contributed by atoms with Gasteiger partial charge in [-0.3, -0.25) is 4.79 Å². The molecule has 0 aromatic carbocycles. The summed E-state index contributed by atoms with van der Waals surface area (Å²) in [6.07, 6.45) is 3.31. The Morgan fingerprint density at radius 2 is 2.12 bits per heavy atom. The van der Waals surface area contributed by atoms with Crippen molar-refractivity contribution in [1.82, 2.24) is 5.32 Å². The molecule has 0 radical (unpaired) electrons. The Morgan fingerprint density at radius 1 is 1.35 bits per heavy atom. The van der Waals surface area contributed by atoms with Gasteiger partial charge in [0.15, 0.2) is 0 Å². The Kier molecular flexibility index (Phi) is 7.16. The number of rotatable bonds is 8. The smallest absolute Gasteiger partial charge is 0.246 e. The number of ether oxygens (including phenoxy) is 2. The van der Waals surface area contributed by atoms with Crippen molar-refractivity contribution < 1.29 is 19.4 Å². The number of hydrogen-bond acceptors (Lipinski definition) is 4. The van der Waals surface area contributed by atoms with Crippen LogP contribution in [0.25, 0.3) is 0 Å². The van der Waals surface area contributed by atoms with Crippen LogP contribution >= 0.6 is 0 Å². The summed E-state index contributed by atoms with van der Waals surface area (Å²) >= 11 is 0. The van der Waals surface area contributed by atoms with Crippen molar-refractivity contribution in [2.45, 2.75) is 19.3 Å². The summed E-state index contributed by atoms with van der Waals surface area (Å²) in [4.78, 5) is 11.4. The standard InChI is InChI=1S/C12H23NO4/c1-16-5-6-17-9-12(15)13-7-10-3-2-4-11(10)8-14/h10-11,14H,2-9H2,1H3,(H,13,15). The summed E-state index contributed by atoms with van der Waals surface area (Å²) in [6, 6.07) is 0. The quantitative estimate of drug-likeness (QED) is 0.598. The zero-order valence-corrected chi connectivity index (χ0v) is 10.5. The van der Waals surface area contributed by atoms with Crippen molar-refractivity contribution in [3.8, 4) is 0 Å². The van der Waals surface area contributed by atoms with E-state index >= 15 is 0 Å². The molecule has 2 N–H and O–H groups in total. The molecule has 1 rings (SSSR count). The molecule has 0 saturated heterocycles. The molecule has 0 heterocycles. The molecule has 0 aliphatic heterocycles. The van der Waals surface area contributed by atoms with Crippen LogP contribution in [-0.4, -0.2) is 51.1 Å². The summed E-state index contributed by atoms with van der Waals surface area (Å²) in [5, 5.41) is 12.0. The van der Waals surface area contributed by atoms with Crippen molar-refractivity contribution in [3.63, 3.8) is 0 Å². The number of aliphatic hydroxyl groups excluding tert-OH is 1. The largest absolute Gasteiger partial charge is 0.396 e. The highest BCUT2D eigenvalue weighted by molar-refractivity contribution is 5.77. The van der Waals surface area contributed by atoms with Gasteiger partial charge in [0.2, 0.25) is 5.91 Å². The van der Waals surface area contributed by atoms with E-state index in [0.29, 0.717) is 31.6 Å². The SMILES string of the molecule is COCCOCC(=O)NCC1CCCC1CO. The highest BCUT2D eigenvalue weighted by Gasteiger charge is 2.26. The van der Waals surface area contributed by atoms with Gasteiger partial charge in [-0.25, -0.2) is 0 Å². The topological polar surface area (TPSA) is 67.8 Å². The first-order valence-corrected chi connectivity index (χ1v) is 6.22. The minimum atomic E-state index is -0.0929. The second kappa shape index (κ2) is 8.44. The van der Waals surface area contributed by atoms with Gasteiger partial charge in [0, 0.05) is 20.3 Å². The van der Waals surface area contributed by atoms with Crippen LogP contribution in [0.2, 0.25) is 0 Å². The van der Waals surface area contributed by atoms with Gasteiger partial charge in [-0.05, 0) is 24.7 Å². The molecule has 1 saturated carbocycles. The van der Waals surface area contributed by atoms with Crippen molar-refractivity contribution in [1.29, 1.82) is 0 Å². The molecule has 5 heteroatoms. The summed E-state index contributed by atoms with van der Waals surface area (Å²) in [7, 11) is 1.60. The van der Waals surface area contributed by atoms with Crippen LogP contribution in [0.1, 0.15) is 19.3 Å². The molecule has 2 unspecified atom stereocenters. The summed E-state index contributed by atoms with van der Waals surface area (Å²) < 4.78 is 9.93. The molecule has 100 valence electrons. The first-order valence-electron chi connectivity index (χ1n) is 6.22. The highest BCUT2D eigenvalue weighted by Crippen LogP contribution is 2.30. The van der Waals surface area contributed by atoms with Crippen molar-refractivity contribution in [2.75, 3.05) is 40.1 Å². The average molecular weight is 245 g/mol. The zero-order chi connectivity index (χ0) is 12.5. The van der Waals surface area contributed by atoms with Gasteiger partial charge in [0.05, 0.1) is 13.2 Å². The van der Waals surface area contributed by atoms with E-state index in [9.17, 15) is 4.79 Å². The molecule has 1 amide bonds. The summed E-state index contributed by atoms with van der Waals surface area (Å²) in [5.41, 5.74) is 0. The van der Waals surface area contributed by atoms with Crippen LogP contribution in [-0.2, 0) is 14.3 Å². The maximum Gasteiger partial charge on any atom is 0.246 e. The van der Waals surface area contributed by atoms with E-state index in [-0.39, 0.29) is 19.1 Å². The maximum absolute atomic E-state index is 11.4. The predicted molar refractivity (Wildman–Crippen MR) is 63.6 cm³/mol. The number of carbonyl (C=O) groups is 1. The molecule has 1 aliphatic rings. The third-order valence-electron chi connectivity index (χ3n) is 3.28. The Bertz CT molecular complexity index is 223. The Balaban J connectivity index is 2.06. The van der Waals surface area contributed by atoms with Gasteiger partial charge in [-0.1, -0.05) is 6.42 Å². The minimum Gasteiger partial charge on any atom is -0.396 e. The lowest BCUT2D eigenvalue weighted by Crippen LogP contribution is -2.34. The van der Waals surface area contributed by atoms with Gasteiger partial charge < -0.3 is 19.9 Å². The van der Waals surface area contributed by atoms with Crippen molar-refractivity contribution in [2.24, 2.45) is 11.8 Å². The molecule has 0 aromatic heterocycles. The second-order valence-corrected chi connectivity index (χ2v) is 4.48. The lowest BCUT2D eigenvalue weighted by molar-refractivity contribution is -0.126. The van der Waals surface area contributed by atoms with E-state index in [1.807, 2.05) is 0 Å². The monoisotopic (exact) mass is 245 g/mol. The van der Waals surface area contributed by atoms with Crippen LogP contribution in [0.3, 0.4) is 0 Å². The normalized spacial score (nSPS) is 23.9. The van der Waals surface area contributed by atoms with E-state index in [1.165, 1.54) is 0 Å². The molecule has 0 spiro atoms. The molecule has 1 aliphatic carbocycles. The Morgan fingerprint density at radius 3 is 2.82 bits per heavy atom. The fourth-order valence-electron chi connectivity index (χ4n) is 2.23. The van der Waals surface area contributed by atoms with Crippen molar-refractivity contribution >= 4 is 5.91 Å². The van der Waals surface area contributed by atoms with Crippen LogP contribution < -0.4 is 5.32 Å². The van der Waals surface area contributed by atoms with Gasteiger partial charge in [0.1, 0.15) is 6.61 Å². The van der Waals surface area contributed by atoms with E-state index in [0.717, 1.165) is 19.3 Å². The maximum atomic E-state index is 11.4. The molecular weight excluding hydrogens is 222 g/mol. The third-order valence-corrected chi connectivity index (χ3v) is 3.28. The number of hydrogen-bond donors (Lipinski definition) is 2. The van der Waals surface area contributed by atoms with E-state index in [1.54, 1.807) is 7.11 Å². The van der Waals surface area contributed by atoms with E-state index in [4.69, 9.17) is 14.6 Å². The van der Waals surface area contributed by atoms with Crippen molar-refractivity contribution in [3.05, 3.63) is 0 Å². The molecule has 0 aromatic rings. The van der Waals surface area contributed by atoms with Crippen LogP contribution in [0.15, 0.2) is 0 Å². The second-order valence-electron chi connectivity index (χ2n) is 4.48. The first-order chi connectivity index (χ1) is 8.27. The molecule has 2 atom stereocenters. The van der Waals surface area contributed by atoms with Crippen LogP contribution in [0, 0.1) is 11.8 Å². The summed E-state index contributed by atoms with van der Waals surface area (Å²) in [6.45, 7) is 1.90. The number of methoxy groups -OCH3 is 1. The third kappa shape index (κ3) is 5.48. The minimum absolute atomic E-state index is 0.0832. The van der Waals surface area contributed by atoms with E-state index in [2.05, 4.69) is 5.32 Å². The number of nitrogens with one attached hydrogen (secondary N) is 1. The first kappa shape index (κ1) is 14.4. The molecule has 1 fully saturated rings. The fourth-order valence-corrected chi connectivity index (χ4v) is 2.23. The van der Waals surface area contributed by atoms with Crippen LogP contribution in [0.4, 0.5) is 0 Å². The fraction of sp³-hybridized carbons (Fsp3) is 0.917.